The van der Waals surface area contributed by atoms with Gasteiger partial charge in [-0.05, 0) is 6.92 Å². The Morgan fingerprint density at radius 3 is 2.78 bits per heavy atom. The molecule has 146 valence electrons. The van der Waals surface area contributed by atoms with Gasteiger partial charge < -0.3 is 10.1 Å². The van der Waals surface area contributed by atoms with E-state index in [4.69, 9.17) is 39.5 Å². The van der Waals surface area contributed by atoms with Gasteiger partial charge in [-0.3, -0.25) is 19.3 Å². The van der Waals surface area contributed by atoms with Gasteiger partial charge in [-0.1, -0.05) is 41.4 Å². The Kier molecular flexibility index (Phi) is 5.66. The number of aromatic nitrogens is 2. The van der Waals surface area contributed by atoms with Gasteiger partial charge in [0, 0.05) is 5.70 Å². The van der Waals surface area contributed by atoms with E-state index < -0.39 is 32.5 Å². The molecular formula is C14H13Cl3N4O4S2. The Labute approximate surface area is 177 Å². The Balaban J connectivity index is 1.64. The van der Waals surface area contributed by atoms with Crippen molar-refractivity contribution in [3.8, 4) is 0 Å². The number of rotatable bonds is 5. The Hall–Kier alpha value is -1.07. The third-order valence-corrected chi connectivity index (χ3v) is 6.50. The minimum absolute atomic E-state index is 0.0151. The summed E-state index contributed by atoms with van der Waals surface area (Å²) in [6, 6.07) is -0.770. The fourth-order valence-electron chi connectivity index (χ4n) is 2.65. The molecule has 2 fully saturated rings. The zero-order chi connectivity index (χ0) is 20.0. The molecule has 0 saturated carbocycles. The van der Waals surface area contributed by atoms with Gasteiger partial charge in [-0.25, -0.2) is 0 Å². The maximum Gasteiger partial charge on any atom is 0.328 e. The lowest BCUT2D eigenvalue weighted by Crippen LogP contribution is -2.66. The lowest BCUT2D eigenvalue weighted by atomic mass is 10.0. The summed E-state index contributed by atoms with van der Waals surface area (Å²) in [5.74, 6) is -1.39. The topological polar surface area (TPSA) is 101 Å². The van der Waals surface area contributed by atoms with Crippen molar-refractivity contribution in [2.45, 2.75) is 33.3 Å². The lowest BCUT2D eigenvalue weighted by Gasteiger charge is -2.41. The number of thioether (sulfide) groups is 1. The number of alkyl halides is 3. The molecule has 2 amide bonds. The molecular weight excluding hydrogens is 459 g/mol. The van der Waals surface area contributed by atoms with Crippen molar-refractivity contribution in [2.24, 2.45) is 0 Å². The first kappa shape index (κ1) is 20.7. The largest absolute Gasteiger partial charge is 0.460 e. The highest BCUT2D eigenvalue weighted by Gasteiger charge is 2.63. The molecule has 1 aromatic rings. The van der Waals surface area contributed by atoms with Crippen molar-refractivity contribution in [1.29, 1.82) is 0 Å². The average Bonchev–Trinajstić information content (AvgIpc) is 3.16. The molecule has 0 spiro atoms. The van der Waals surface area contributed by atoms with Crippen molar-refractivity contribution < 1.29 is 19.1 Å². The number of carbonyl (C=O) groups is 3. The number of ether oxygens (including phenoxy) is 1. The predicted octanol–water partition coefficient (Wildman–Crippen LogP) is 1.67. The van der Waals surface area contributed by atoms with Crippen molar-refractivity contribution in [3.63, 3.8) is 0 Å². The molecule has 3 heterocycles. The second kappa shape index (κ2) is 7.40. The molecule has 2 aliphatic heterocycles. The zero-order valence-corrected chi connectivity index (χ0v) is 17.7. The van der Waals surface area contributed by atoms with Gasteiger partial charge in [-0.2, -0.15) is 8.75 Å². The summed E-state index contributed by atoms with van der Waals surface area (Å²) in [5, 5.41) is 2.19. The SMILES string of the molecule is C=C1N2C(=O)C(NC(=O)Cc3cnsn3)[C@H]2SC1(C)C(=O)OCC(Cl)(Cl)Cl. The monoisotopic (exact) mass is 470 g/mol. The molecule has 2 saturated heterocycles. The van der Waals surface area contributed by atoms with Gasteiger partial charge in [0.1, 0.15) is 18.0 Å². The minimum atomic E-state index is -1.74. The van der Waals surface area contributed by atoms with Crippen molar-refractivity contribution in [3.05, 3.63) is 24.2 Å². The van der Waals surface area contributed by atoms with Crippen LogP contribution in [0.15, 0.2) is 18.5 Å². The maximum absolute atomic E-state index is 12.5. The van der Waals surface area contributed by atoms with Crippen molar-refractivity contribution in [2.75, 3.05) is 6.61 Å². The summed E-state index contributed by atoms with van der Waals surface area (Å²) < 4.78 is 9.86. The third-order valence-electron chi connectivity index (χ3n) is 4.06. The van der Waals surface area contributed by atoms with Crippen LogP contribution in [0.1, 0.15) is 12.6 Å². The van der Waals surface area contributed by atoms with Crippen LogP contribution in [0.25, 0.3) is 0 Å². The zero-order valence-electron chi connectivity index (χ0n) is 13.8. The molecule has 0 aliphatic carbocycles. The van der Waals surface area contributed by atoms with Crippen LogP contribution in [-0.4, -0.2) is 58.0 Å². The number of carbonyl (C=O) groups excluding carboxylic acids is 3. The van der Waals surface area contributed by atoms with E-state index in [9.17, 15) is 14.4 Å². The van der Waals surface area contributed by atoms with Gasteiger partial charge in [0.25, 0.3) is 5.91 Å². The number of nitrogens with zero attached hydrogens (tertiary/aromatic N) is 3. The van der Waals surface area contributed by atoms with Crippen LogP contribution in [0.4, 0.5) is 0 Å². The van der Waals surface area contributed by atoms with E-state index in [0.717, 1.165) is 23.5 Å². The minimum Gasteiger partial charge on any atom is -0.460 e. The molecule has 1 N–H and O–H groups in total. The Morgan fingerprint density at radius 1 is 1.48 bits per heavy atom. The average molecular weight is 472 g/mol. The van der Waals surface area contributed by atoms with Gasteiger partial charge in [0.05, 0.1) is 30.0 Å². The smallest absolute Gasteiger partial charge is 0.328 e. The molecule has 27 heavy (non-hydrogen) atoms. The van der Waals surface area contributed by atoms with Crippen LogP contribution in [0.2, 0.25) is 0 Å². The van der Waals surface area contributed by atoms with E-state index in [1.165, 1.54) is 11.1 Å². The number of esters is 1. The summed E-state index contributed by atoms with van der Waals surface area (Å²) >= 11 is 19.0. The number of fused-ring (bicyclic) bond motifs is 1. The fraction of sp³-hybridized carbons (Fsp3) is 0.500. The van der Waals surface area contributed by atoms with Crippen LogP contribution < -0.4 is 5.32 Å². The van der Waals surface area contributed by atoms with Gasteiger partial charge in [0.2, 0.25) is 9.70 Å². The first-order valence-electron chi connectivity index (χ1n) is 7.53. The molecule has 3 atom stereocenters. The van der Waals surface area contributed by atoms with E-state index in [0.29, 0.717) is 5.69 Å². The third kappa shape index (κ3) is 4.04. The van der Waals surface area contributed by atoms with Crippen molar-refractivity contribution >= 4 is 76.1 Å². The van der Waals surface area contributed by atoms with E-state index in [-0.39, 0.29) is 23.9 Å². The Morgan fingerprint density at radius 2 is 2.19 bits per heavy atom. The number of hydrogen-bond donors (Lipinski definition) is 1. The second-order valence-corrected chi connectivity index (χ2v) is 10.6. The lowest BCUT2D eigenvalue weighted by molar-refractivity contribution is -0.147. The highest BCUT2D eigenvalue weighted by atomic mass is 35.6. The van der Waals surface area contributed by atoms with Crippen LogP contribution in [-0.2, 0) is 25.5 Å². The standard InChI is InChI=1S/C14H13Cl3N4O4S2/c1-6-13(2,12(24)25-5-14(15,16)17)26-11-9(10(23)21(6)11)19-8(22)3-7-4-18-27-20-7/h4,9,11H,1,3,5H2,2H3,(H,19,22)/t9?,11-,13?/m1/s1. The first-order chi connectivity index (χ1) is 12.5. The van der Waals surface area contributed by atoms with E-state index >= 15 is 0 Å². The highest BCUT2D eigenvalue weighted by Crippen LogP contribution is 2.53. The van der Waals surface area contributed by atoms with Gasteiger partial charge in [0.15, 0.2) is 4.75 Å². The van der Waals surface area contributed by atoms with Gasteiger partial charge >= 0.3 is 5.97 Å². The normalized spacial score (nSPS) is 27.2. The summed E-state index contributed by atoms with van der Waals surface area (Å²) in [6.07, 6.45) is 1.50. The fourth-order valence-corrected chi connectivity index (χ4v) is 4.77. The number of hydrogen-bond acceptors (Lipinski definition) is 8. The number of β-lactam (4-membered cyclic amide) rings is 1. The van der Waals surface area contributed by atoms with Crippen LogP contribution in [0.3, 0.4) is 0 Å². The van der Waals surface area contributed by atoms with E-state index in [1.807, 2.05) is 0 Å². The molecule has 0 radical (unpaired) electrons. The first-order valence-corrected chi connectivity index (χ1v) is 10.3. The molecule has 0 bridgehead atoms. The summed E-state index contributed by atoms with van der Waals surface area (Å²) in [4.78, 5) is 38.4. The molecule has 13 heteroatoms. The second-order valence-electron chi connectivity index (χ2n) is 6.01. The van der Waals surface area contributed by atoms with E-state index in [1.54, 1.807) is 6.92 Å². The van der Waals surface area contributed by atoms with Crippen LogP contribution in [0, 0.1) is 0 Å². The van der Waals surface area contributed by atoms with Crippen LogP contribution >= 0.6 is 58.3 Å². The molecule has 2 unspecified atom stereocenters. The molecule has 3 rings (SSSR count). The predicted molar refractivity (Wildman–Crippen MR) is 103 cm³/mol. The molecule has 0 aromatic carbocycles. The quantitative estimate of drug-likeness (QED) is 0.396. The molecule has 8 nitrogen and oxygen atoms in total. The summed E-state index contributed by atoms with van der Waals surface area (Å²) in [5.41, 5.74) is 0.788. The molecule has 1 aromatic heterocycles. The number of halogens is 3. The van der Waals surface area contributed by atoms with Crippen LogP contribution in [0.5, 0.6) is 0 Å². The number of nitrogens with one attached hydrogen (secondary N) is 1. The Bertz CT molecular complexity index is 801. The van der Waals surface area contributed by atoms with Gasteiger partial charge in [-0.15, -0.1) is 11.8 Å². The number of amides is 2. The van der Waals surface area contributed by atoms with E-state index in [2.05, 4.69) is 20.6 Å². The highest BCUT2D eigenvalue weighted by molar-refractivity contribution is 8.02. The van der Waals surface area contributed by atoms with Crippen molar-refractivity contribution in [1.82, 2.24) is 19.0 Å². The summed E-state index contributed by atoms with van der Waals surface area (Å²) in [6.45, 7) is 4.98. The summed E-state index contributed by atoms with van der Waals surface area (Å²) in [7, 11) is 0. The molecule has 2 aliphatic rings. The maximum atomic E-state index is 12.5.